The highest BCUT2D eigenvalue weighted by atomic mass is 35.5. The molecule has 0 unspecified atom stereocenters. The third-order valence-corrected chi connectivity index (χ3v) is 4.60. The van der Waals surface area contributed by atoms with Gasteiger partial charge in [0.1, 0.15) is 10.8 Å². The summed E-state index contributed by atoms with van der Waals surface area (Å²) < 4.78 is 2.98. The van der Waals surface area contributed by atoms with Crippen molar-refractivity contribution in [1.82, 2.24) is 24.4 Å². The van der Waals surface area contributed by atoms with E-state index in [9.17, 15) is 4.79 Å². The maximum atomic E-state index is 11.9. The van der Waals surface area contributed by atoms with Crippen molar-refractivity contribution in [2.45, 2.75) is 0 Å². The minimum atomic E-state index is -0.274. The van der Waals surface area contributed by atoms with Crippen LogP contribution in [0.25, 0.3) is 5.65 Å². The fourth-order valence-electron chi connectivity index (χ4n) is 2.88. The highest BCUT2D eigenvalue weighted by Gasteiger charge is 2.21. The molecule has 9 heteroatoms. The van der Waals surface area contributed by atoms with Crippen LogP contribution in [0, 0.1) is 0 Å². The van der Waals surface area contributed by atoms with E-state index in [-0.39, 0.29) is 10.6 Å². The van der Waals surface area contributed by atoms with Gasteiger partial charge in [-0.3, -0.25) is 4.79 Å². The number of hydrogen-bond donors (Lipinski definition) is 0. The van der Waals surface area contributed by atoms with Crippen LogP contribution in [-0.4, -0.2) is 50.6 Å². The molecule has 8 nitrogen and oxygen atoms in total. The smallest absolute Gasteiger partial charge is 0.287 e. The van der Waals surface area contributed by atoms with E-state index in [2.05, 4.69) is 25.0 Å². The van der Waals surface area contributed by atoms with Gasteiger partial charge < -0.3 is 9.80 Å². The summed E-state index contributed by atoms with van der Waals surface area (Å²) in [7, 11) is 1.59. The predicted molar refractivity (Wildman–Crippen MR) is 91.9 cm³/mol. The molecule has 0 amide bonds. The Balaban J connectivity index is 1.52. The van der Waals surface area contributed by atoms with Crippen LogP contribution >= 0.6 is 11.6 Å². The van der Waals surface area contributed by atoms with Crippen molar-refractivity contribution < 1.29 is 0 Å². The van der Waals surface area contributed by atoms with E-state index in [4.69, 9.17) is 11.6 Å². The molecule has 3 aromatic heterocycles. The number of anilines is 2. The Kier molecular flexibility index (Phi) is 3.61. The normalized spacial score (nSPS) is 15.2. The first kappa shape index (κ1) is 14.9. The van der Waals surface area contributed by atoms with Crippen molar-refractivity contribution in [2.24, 2.45) is 7.05 Å². The number of nitrogens with zero attached hydrogens (tertiary/aromatic N) is 7. The predicted octanol–water partition coefficient (Wildman–Crippen LogP) is 0.803. The minimum Gasteiger partial charge on any atom is -0.365 e. The molecule has 4 rings (SSSR count). The number of rotatable bonds is 2. The van der Waals surface area contributed by atoms with Gasteiger partial charge in [-0.15, -0.1) is 0 Å². The van der Waals surface area contributed by atoms with Crippen LogP contribution in [0.4, 0.5) is 11.5 Å². The fraction of sp³-hybridized carbons (Fsp3) is 0.333. The van der Waals surface area contributed by atoms with Crippen LogP contribution in [0.2, 0.25) is 5.02 Å². The van der Waals surface area contributed by atoms with Gasteiger partial charge in [0, 0.05) is 45.5 Å². The summed E-state index contributed by atoms with van der Waals surface area (Å²) in [6, 6.07) is 3.84. The number of aryl methyl sites for hydroxylation is 1. The molecule has 124 valence electrons. The van der Waals surface area contributed by atoms with E-state index in [1.165, 1.54) is 4.68 Å². The lowest BCUT2D eigenvalue weighted by Gasteiger charge is -2.36. The largest absolute Gasteiger partial charge is 0.365 e. The van der Waals surface area contributed by atoms with Gasteiger partial charge >= 0.3 is 0 Å². The number of halogens is 1. The zero-order valence-electron chi connectivity index (χ0n) is 13.1. The lowest BCUT2D eigenvalue weighted by molar-refractivity contribution is 0.638. The maximum absolute atomic E-state index is 11.9. The van der Waals surface area contributed by atoms with Gasteiger partial charge in [0.15, 0.2) is 5.65 Å². The second-order valence-electron chi connectivity index (χ2n) is 5.67. The second-order valence-corrected chi connectivity index (χ2v) is 6.04. The van der Waals surface area contributed by atoms with Crippen molar-refractivity contribution >= 4 is 28.8 Å². The molecule has 0 spiro atoms. The molecule has 0 radical (unpaired) electrons. The number of hydrogen-bond acceptors (Lipinski definition) is 6. The highest BCUT2D eigenvalue weighted by Crippen LogP contribution is 2.23. The number of fused-ring (bicyclic) bond motifs is 1. The van der Waals surface area contributed by atoms with Crippen molar-refractivity contribution in [3.8, 4) is 0 Å². The zero-order valence-corrected chi connectivity index (χ0v) is 13.9. The molecule has 1 fully saturated rings. The Morgan fingerprint density at radius 3 is 2.62 bits per heavy atom. The molecule has 0 saturated carbocycles. The monoisotopic (exact) mass is 345 g/mol. The second kappa shape index (κ2) is 5.79. The number of piperazine rings is 1. The van der Waals surface area contributed by atoms with Crippen LogP contribution < -0.4 is 15.4 Å². The van der Waals surface area contributed by atoms with Crippen LogP contribution in [0.3, 0.4) is 0 Å². The van der Waals surface area contributed by atoms with E-state index < -0.39 is 0 Å². The molecule has 24 heavy (non-hydrogen) atoms. The van der Waals surface area contributed by atoms with E-state index in [1.54, 1.807) is 24.0 Å². The van der Waals surface area contributed by atoms with Gasteiger partial charge in [0.25, 0.3) is 5.56 Å². The first-order chi connectivity index (χ1) is 11.6. The summed E-state index contributed by atoms with van der Waals surface area (Å²) >= 11 is 6.19. The molecule has 1 saturated heterocycles. The van der Waals surface area contributed by atoms with Gasteiger partial charge in [-0.05, 0) is 6.07 Å². The first-order valence-corrected chi connectivity index (χ1v) is 8.03. The Bertz CT molecular complexity index is 942. The maximum Gasteiger partial charge on any atom is 0.287 e. The van der Waals surface area contributed by atoms with Gasteiger partial charge in [0.05, 0.1) is 18.1 Å². The van der Waals surface area contributed by atoms with Crippen LogP contribution in [0.1, 0.15) is 0 Å². The first-order valence-electron chi connectivity index (χ1n) is 7.65. The topological polar surface area (TPSA) is 71.6 Å². The summed E-state index contributed by atoms with van der Waals surface area (Å²) in [6.45, 7) is 3.09. The molecule has 4 heterocycles. The van der Waals surface area contributed by atoms with E-state index in [0.29, 0.717) is 5.69 Å². The van der Waals surface area contributed by atoms with Crippen LogP contribution in [0.15, 0.2) is 35.5 Å². The summed E-state index contributed by atoms with van der Waals surface area (Å²) in [5, 5.41) is 8.44. The third kappa shape index (κ3) is 2.48. The molecule has 0 bridgehead atoms. The minimum absolute atomic E-state index is 0.222. The van der Waals surface area contributed by atoms with Crippen molar-refractivity contribution in [1.29, 1.82) is 0 Å². The van der Waals surface area contributed by atoms with Crippen molar-refractivity contribution in [3.63, 3.8) is 0 Å². The number of aromatic nitrogens is 5. The van der Waals surface area contributed by atoms with E-state index in [1.807, 2.05) is 18.3 Å². The highest BCUT2D eigenvalue weighted by molar-refractivity contribution is 6.33. The van der Waals surface area contributed by atoms with Gasteiger partial charge in [-0.2, -0.15) is 10.2 Å². The Morgan fingerprint density at radius 1 is 1.08 bits per heavy atom. The molecule has 0 aliphatic carbocycles. The lowest BCUT2D eigenvalue weighted by atomic mass is 10.3. The van der Waals surface area contributed by atoms with Crippen LogP contribution in [-0.2, 0) is 7.05 Å². The molecular formula is C15H16ClN7O. The fourth-order valence-corrected chi connectivity index (χ4v) is 3.17. The molecule has 1 aliphatic heterocycles. The van der Waals surface area contributed by atoms with E-state index >= 15 is 0 Å². The summed E-state index contributed by atoms with van der Waals surface area (Å²) in [6.07, 6.45) is 5.29. The Morgan fingerprint density at radius 2 is 1.83 bits per heavy atom. The zero-order chi connectivity index (χ0) is 16.7. The van der Waals surface area contributed by atoms with Gasteiger partial charge in [-0.1, -0.05) is 11.6 Å². The average molecular weight is 346 g/mol. The Hall–Kier alpha value is -2.61. The van der Waals surface area contributed by atoms with Gasteiger partial charge in [0.2, 0.25) is 0 Å². The van der Waals surface area contributed by atoms with Crippen molar-refractivity contribution in [2.75, 3.05) is 36.0 Å². The quantitative estimate of drug-likeness (QED) is 0.684. The SMILES string of the molecule is Cn1ncc(N2CCN(c3ccn4nccc4n3)CC2)c(Cl)c1=O. The molecule has 0 N–H and O–H groups in total. The molecule has 0 aromatic carbocycles. The Labute approximate surface area is 142 Å². The van der Waals surface area contributed by atoms with Crippen molar-refractivity contribution in [3.05, 3.63) is 46.1 Å². The summed E-state index contributed by atoms with van der Waals surface area (Å²) in [5.41, 5.74) is 1.25. The lowest BCUT2D eigenvalue weighted by Crippen LogP contribution is -2.47. The summed E-state index contributed by atoms with van der Waals surface area (Å²) in [4.78, 5) is 20.8. The van der Waals surface area contributed by atoms with E-state index in [0.717, 1.165) is 37.6 Å². The van der Waals surface area contributed by atoms with Crippen LogP contribution in [0.5, 0.6) is 0 Å². The summed E-state index contributed by atoms with van der Waals surface area (Å²) in [5.74, 6) is 0.927. The molecule has 0 atom stereocenters. The average Bonchev–Trinajstić information content (AvgIpc) is 3.08. The molecule has 1 aliphatic rings. The third-order valence-electron chi connectivity index (χ3n) is 4.25. The standard InChI is InChI=1S/C15H16ClN7O/c1-20-15(24)14(16)11(10-18-20)21-6-8-22(9-7-21)12-3-5-23-13(19-12)2-4-17-23/h2-5,10H,6-9H2,1H3. The molecular weight excluding hydrogens is 330 g/mol. The van der Waals surface area contributed by atoms with Gasteiger partial charge in [-0.25, -0.2) is 14.2 Å². The molecule has 3 aromatic rings.